The molecule has 140 valence electrons. The Hall–Kier alpha value is -1.70. The van der Waals surface area contributed by atoms with Crippen LogP contribution in [0.2, 0.25) is 0 Å². The number of aryl methyl sites for hydroxylation is 1. The van der Waals surface area contributed by atoms with Gasteiger partial charge in [-0.2, -0.15) is 0 Å². The van der Waals surface area contributed by atoms with Crippen molar-refractivity contribution < 1.29 is 9.21 Å². The fraction of sp³-hybridized carbons (Fsp3) is 0.579. The lowest BCUT2D eigenvalue weighted by Gasteiger charge is -2.51. The molecule has 1 spiro atoms. The minimum atomic E-state index is -0.358. The zero-order chi connectivity index (χ0) is 18.1. The summed E-state index contributed by atoms with van der Waals surface area (Å²) in [6, 6.07) is 3.94. The Morgan fingerprint density at radius 1 is 1.23 bits per heavy atom. The number of piperidine rings is 1. The predicted octanol–water partition coefficient (Wildman–Crippen LogP) is 2.35. The van der Waals surface area contributed by atoms with Gasteiger partial charge in [-0.15, -0.1) is 11.3 Å². The van der Waals surface area contributed by atoms with Crippen molar-refractivity contribution in [3.8, 4) is 0 Å². The predicted molar refractivity (Wildman–Crippen MR) is 101 cm³/mol. The van der Waals surface area contributed by atoms with Crippen molar-refractivity contribution in [3.63, 3.8) is 0 Å². The lowest BCUT2D eigenvalue weighted by Crippen LogP contribution is -2.67. The highest BCUT2D eigenvalue weighted by Crippen LogP contribution is 2.34. The van der Waals surface area contributed by atoms with Gasteiger partial charge in [0.2, 0.25) is 5.91 Å². The molecule has 6 nitrogen and oxygen atoms in total. The fourth-order valence-corrected chi connectivity index (χ4v) is 4.77. The van der Waals surface area contributed by atoms with E-state index < -0.39 is 0 Å². The summed E-state index contributed by atoms with van der Waals surface area (Å²) < 4.78 is 5.47. The van der Waals surface area contributed by atoms with E-state index in [-0.39, 0.29) is 11.4 Å². The summed E-state index contributed by atoms with van der Waals surface area (Å²) in [4.78, 5) is 24.6. The average Bonchev–Trinajstić information content (AvgIpc) is 3.29. The lowest BCUT2D eigenvalue weighted by atomic mass is 9.82. The molecule has 0 aliphatic carbocycles. The van der Waals surface area contributed by atoms with E-state index in [4.69, 9.17) is 4.42 Å². The number of carbonyl (C=O) groups excluding carboxylic acids is 1. The second-order valence-electron chi connectivity index (χ2n) is 7.39. The van der Waals surface area contributed by atoms with Crippen molar-refractivity contribution in [1.29, 1.82) is 0 Å². The highest BCUT2D eigenvalue weighted by atomic mass is 32.1. The number of nitrogens with zero attached hydrogens (tertiary/aromatic N) is 4. The molecule has 0 bridgehead atoms. The van der Waals surface area contributed by atoms with Crippen molar-refractivity contribution in [2.75, 3.05) is 33.2 Å². The summed E-state index contributed by atoms with van der Waals surface area (Å²) in [5.74, 6) is 1.26. The average molecular weight is 375 g/mol. The van der Waals surface area contributed by atoms with Gasteiger partial charge in [0.25, 0.3) is 0 Å². The SMILES string of the molecule is Cc1nc(CN2CCN(C)C3(CCN(Cc4ccco4)CC3)C2=O)cs1. The highest BCUT2D eigenvalue weighted by molar-refractivity contribution is 7.09. The lowest BCUT2D eigenvalue weighted by molar-refractivity contribution is -0.155. The summed E-state index contributed by atoms with van der Waals surface area (Å²) in [7, 11) is 2.10. The Labute approximate surface area is 158 Å². The molecule has 2 aromatic heterocycles. The quantitative estimate of drug-likeness (QED) is 0.822. The molecule has 2 saturated heterocycles. The van der Waals surface area contributed by atoms with Gasteiger partial charge in [-0.1, -0.05) is 0 Å². The molecule has 1 amide bonds. The summed E-state index contributed by atoms with van der Waals surface area (Å²) in [6.45, 7) is 7.01. The van der Waals surface area contributed by atoms with Gasteiger partial charge in [-0.25, -0.2) is 4.98 Å². The van der Waals surface area contributed by atoms with Crippen molar-refractivity contribution in [1.82, 2.24) is 19.7 Å². The minimum Gasteiger partial charge on any atom is -0.468 e. The molecule has 0 N–H and O–H groups in total. The Bertz CT molecular complexity index is 749. The van der Waals surface area contributed by atoms with Crippen LogP contribution in [0.15, 0.2) is 28.2 Å². The van der Waals surface area contributed by atoms with Crippen LogP contribution in [-0.2, 0) is 17.9 Å². The first-order valence-electron chi connectivity index (χ1n) is 9.23. The molecule has 2 fully saturated rings. The maximum Gasteiger partial charge on any atom is 0.243 e. The molecule has 0 saturated carbocycles. The van der Waals surface area contributed by atoms with Crippen molar-refractivity contribution in [2.45, 2.75) is 38.4 Å². The van der Waals surface area contributed by atoms with Crippen LogP contribution in [-0.4, -0.2) is 64.4 Å². The summed E-state index contributed by atoms with van der Waals surface area (Å²) >= 11 is 1.65. The largest absolute Gasteiger partial charge is 0.468 e. The van der Waals surface area contributed by atoms with Crippen LogP contribution in [0.3, 0.4) is 0 Å². The van der Waals surface area contributed by atoms with Crippen molar-refractivity contribution in [2.24, 2.45) is 0 Å². The maximum absolute atomic E-state index is 13.4. The van der Waals surface area contributed by atoms with E-state index in [0.717, 1.165) is 62.0 Å². The van der Waals surface area contributed by atoms with Gasteiger partial charge < -0.3 is 9.32 Å². The first-order valence-corrected chi connectivity index (χ1v) is 10.1. The minimum absolute atomic E-state index is 0.273. The van der Waals surface area contributed by atoms with Crippen LogP contribution in [0.5, 0.6) is 0 Å². The summed E-state index contributed by atoms with van der Waals surface area (Å²) in [5.41, 5.74) is 0.652. The highest BCUT2D eigenvalue weighted by Gasteiger charge is 2.49. The van der Waals surface area contributed by atoms with Crippen molar-refractivity contribution >= 4 is 17.2 Å². The molecule has 0 aromatic carbocycles. The molecule has 0 unspecified atom stereocenters. The fourth-order valence-electron chi connectivity index (χ4n) is 4.17. The normalized spacial score (nSPS) is 21.6. The molecule has 7 heteroatoms. The van der Waals surface area contributed by atoms with Crippen molar-refractivity contribution in [3.05, 3.63) is 40.2 Å². The molecule has 0 atom stereocenters. The van der Waals surface area contributed by atoms with Crippen LogP contribution in [0.1, 0.15) is 29.3 Å². The van der Waals surface area contributed by atoms with Gasteiger partial charge in [-0.3, -0.25) is 14.6 Å². The Balaban J connectivity index is 1.43. The van der Waals surface area contributed by atoms with Gasteiger partial charge in [-0.05, 0) is 38.9 Å². The molecule has 2 aliphatic rings. The van der Waals surface area contributed by atoms with Gasteiger partial charge in [0.1, 0.15) is 11.3 Å². The zero-order valence-electron chi connectivity index (χ0n) is 15.5. The molecular weight excluding hydrogens is 348 g/mol. The third-order valence-corrected chi connectivity index (χ3v) is 6.61. The van der Waals surface area contributed by atoms with E-state index >= 15 is 0 Å². The Morgan fingerprint density at radius 3 is 2.69 bits per heavy atom. The molecule has 2 aliphatic heterocycles. The summed E-state index contributed by atoms with van der Waals surface area (Å²) in [5, 5.41) is 3.13. The van der Waals surface area contributed by atoms with Crippen LogP contribution in [0.4, 0.5) is 0 Å². The van der Waals surface area contributed by atoms with E-state index in [9.17, 15) is 4.79 Å². The standard InChI is InChI=1S/C19H26N4O2S/c1-15-20-16(14-26-15)12-23-10-9-21(2)19(18(23)24)5-7-22(8-6-19)13-17-4-3-11-25-17/h3-4,11,14H,5-10,12-13H2,1-2H3. The number of hydrogen-bond acceptors (Lipinski definition) is 6. The topological polar surface area (TPSA) is 52.8 Å². The monoisotopic (exact) mass is 374 g/mol. The van der Waals surface area contributed by atoms with E-state index in [1.165, 1.54) is 0 Å². The van der Waals surface area contributed by atoms with E-state index in [1.807, 2.05) is 24.0 Å². The third kappa shape index (κ3) is 3.31. The molecule has 0 radical (unpaired) electrons. The number of rotatable bonds is 4. The van der Waals surface area contributed by atoms with Gasteiger partial charge in [0.05, 0.1) is 30.1 Å². The van der Waals surface area contributed by atoms with Crippen LogP contribution >= 0.6 is 11.3 Å². The summed E-state index contributed by atoms with van der Waals surface area (Å²) in [6.07, 6.45) is 3.46. The molecule has 4 heterocycles. The smallest absolute Gasteiger partial charge is 0.243 e. The number of amides is 1. The third-order valence-electron chi connectivity index (χ3n) is 5.78. The molecule has 2 aromatic rings. The number of aromatic nitrogens is 1. The number of furan rings is 1. The van der Waals surface area contributed by atoms with Gasteiger partial charge >= 0.3 is 0 Å². The number of likely N-dealkylation sites (tertiary alicyclic amines) is 1. The second kappa shape index (κ2) is 7.13. The van der Waals surface area contributed by atoms with E-state index in [2.05, 4.69) is 27.2 Å². The molecule has 26 heavy (non-hydrogen) atoms. The van der Waals surface area contributed by atoms with Gasteiger partial charge in [0.15, 0.2) is 0 Å². The Kier molecular flexibility index (Phi) is 4.86. The van der Waals surface area contributed by atoms with E-state index in [1.54, 1.807) is 17.6 Å². The number of hydrogen-bond donors (Lipinski definition) is 0. The van der Waals surface area contributed by atoms with Gasteiger partial charge in [0, 0.05) is 31.6 Å². The second-order valence-corrected chi connectivity index (χ2v) is 8.46. The molecular formula is C19H26N4O2S. The first kappa shape index (κ1) is 17.7. The van der Waals surface area contributed by atoms with Crippen LogP contribution in [0.25, 0.3) is 0 Å². The Morgan fingerprint density at radius 2 is 2.04 bits per heavy atom. The number of piperazine rings is 1. The van der Waals surface area contributed by atoms with E-state index in [0.29, 0.717) is 6.54 Å². The van der Waals surface area contributed by atoms with Crippen LogP contribution in [0, 0.1) is 6.92 Å². The number of carbonyl (C=O) groups is 1. The molecule has 4 rings (SSSR count). The van der Waals surface area contributed by atoms with Crippen LogP contribution < -0.4 is 0 Å². The zero-order valence-corrected chi connectivity index (χ0v) is 16.3. The maximum atomic E-state index is 13.4. The number of thiazole rings is 1. The first-order chi connectivity index (χ1) is 12.6. The number of likely N-dealkylation sites (N-methyl/N-ethyl adjacent to an activating group) is 1.